The van der Waals surface area contributed by atoms with Gasteiger partial charge in [0, 0.05) is 12.5 Å². The molecule has 0 saturated carbocycles. The Balaban J connectivity index is 2.15. The molecule has 1 heterocycles. The SMILES string of the molecule is COC(=O)c1ccc(F)cc1NC(C)Cc1ccco1. The van der Waals surface area contributed by atoms with Gasteiger partial charge >= 0.3 is 5.97 Å². The molecule has 0 bridgehead atoms. The molecule has 20 heavy (non-hydrogen) atoms. The summed E-state index contributed by atoms with van der Waals surface area (Å²) >= 11 is 0. The summed E-state index contributed by atoms with van der Waals surface area (Å²) in [5, 5.41) is 3.10. The fraction of sp³-hybridized carbons (Fsp3) is 0.267. The first-order chi connectivity index (χ1) is 9.60. The van der Waals surface area contributed by atoms with Gasteiger partial charge in [-0.05, 0) is 37.3 Å². The molecule has 1 atom stereocenters. The molecule has 0 saturated heterocycles. The molecule has 0 aliphatic heterocycles. The molecule has 0 fully saturated rings. The van der Waals surface area contributed by atoms with Crippen LogP contribution in [0.4, 0.5) is 10.1 Å². The number of anilines is 1. The summed E-state index contributed by atoms with van der Waals surface area (Å²) in [6.07, 6.45) is 2.23. The van der Waals surface area contributed by atoms with Gasteiger partial charge in [-0.15, -0.1) is 0 Å². The smallest absolute Gasteiger partial charge is 0.339 e. The van der Waals surface area contributed by atoms with Crippen LogP contribution in [0.2, 0.25) is 0 Å². The quantitative estimate of drug-likeness (QED) is 0.852. The number of benzene rings is 1. The molecule has 2 rings (SSSR count). The van der Waals surface area contributed by atoms with Crippen molar-refractivity contribution in [2.24, 2.45) is 0 Å². The van der Waals surface area contributed by atoms with Crippen LogP contribution in [0, 0.1) is 5.82 Å². The molecular formula is C15H16FNO3. The Labute approximate surface area is 116 Å². The molecule has 0 radical (unpaired) electrons. The van der Waals surface area contributed by atoms with Gasteiger partial charge in [0.1, 0.15) is 11.6 Å². The van der Waals surface area contributed by atoms with E-state index in [9.17, 15) is 9.18 Å². The zero-order chi connectivity index (χ0) is 14.5. The highest BCUT2D eigenvalue weighted by molar-refractivity contribution is 5.95. The van der Waals surface area contributed by atoms with Crippen molar-refractivity contribution in [3.63, 3.8) is 0 Å². The van der Waals surface area contributed by atoms with E-state index in [1.165, 1.54) is 25.3 Å². The lowest BCUT2D eigenvalue weighted by atomic mass is 10.1. The maximum absolute atomic E-state index is 13.3. The largest absolute Gasteiger partial charge is 0.469 e. The number of rotatable bonds is 5. The average Bonchev–Trinajstić information content (AvgIpc) is 2.90. The van der Waals surface area contributed by atoms with E-state index in [4.69, 9.17) is 4.42 Å². The molecule has 0 amide bonds. The first kappa shape index (κ1) is 14.1. The van der Waals surface area contributed by atoms with Crippen molar-refractivity contribution in [2.75, 3.05) is 12.4 Å². The number of hydrogen-bond acceptors (Lipinski definition) is 4. The van der Waals surface area contributed by atoms with Crippen LogP contribution in [0.1, 0.15) is 23.0 Å². The lowest BCUT2D eigenvalue weighted by Crippen LogP contribution is -2.20. The van der Waals surface area contributed by atoms with Crippen LogP contribution in [0.5, 0.6) is 0 Å². The van der Waals surface area contributed by atoms with Crippen molar-refractivity contribution in [2.45, 2.75) is 19.4 Å². The normalized spacial score (nSPS) is 11.9. The molecule has 4 nitrogen and oxygen atoms in total. The van der Waals surface area contributed by atoms with E-state index in [0.717, 1.165) is 5.76 Å². The second-order valence-electron chi connectivity index (χ2n) is 4.51. The number of hydrogen-bond donors (Lipinski definition) is 1. The van der Waals surface area contributed by atoms with Gasteiger partial charge in [0.15, 0.2) is 0 Å². The van der Waals surface area contributed by atoms with Crippen LogP contribution in [-0.2, 0) is 11.2 Å². The van der Waals surface area contributed by atoms with E-state index in [2.05, 4.69) is 10.1 Å². The van der Waals surface area contributed by atoms with Gasteiger partial charge < -0.3 is 14.5 Å². The van der Waals surface area contributed by atoms with Crippen LogP contribution in [0.15, 0.2) is 41.0 Å². The van der Waals surface area contributed by atoms with Gasteiger partial charge in [0.05, 0.1) is 24.6 Å². The fourth-order valence-electron chi connectivity index (χ4n) is 1.97. The van der Waals surface area contributed by atoms with Gasteiger partial charge in [0.25, 0.3) is 0 Å². The second kappa shape index (κ2) is 6.23. The topological polar surface area (TPSA) is 51.5 Å². The van der Waals surface area contributed by atoms with Crippen LogP contribution in [-0.4, -0.2) is 19.1 Å². The summed E-state index contributed by atoms with van der Waals surface area (Å²) in [5.74, 6) is -0.0935. The lowest BCUT2D eigenvalue weighted by Gasteiger charge is -2.16. The highest BCUT2D eigenvalue weighted by atomic mass is 19.1. The summed E-state index contributed by atoms with van der Waals surface area (Å²) in [7, 11) is 1.29. The van der Waals surface area contributed by atoms with Crippen molar-refractivity contribution in [1.82, 2.24) is 0 Å². The minimum Gasteiger partial charge on any atom is -0.469 e. The summed E-state index contributed by atoms with van der Waals surface area (Å²) in [6, 6.07) is 7.57. The Hall–Kier alpha value is -2.30. The Kier molecular flexibility index (Phi) is 4.40. The zero-order valence-electron chi connectivity index (χ0n) is 11.4. The van der Waals surface area contributed by atoms with Crippen molar-refractivity contribution in [3.8, 4) is 0 Å². The van der Waals surface area contributed by atoms with Gasteiger partial charge in [-0.2, -0.15) is 0 Å². The van der Waals surface area contributed by atoms with Gasteiger partial charge in [0.2, 0.25) is 0 Å². The van der Waals surface area contributed by atoms with E-state index < -0.39 is 11.8 Å². The molecule has 1 unspecified atom stereocenters. The number of carbonyl (C=O) groups excluding carboxylic acids is 1. The maximum atomic E-state index is 13.3. The molecule has 1 aromatic heterocycles. The van der Waals surface area contributed by atoms with Crippen molar-refractivity contribution >= 4 is 11.7 Å². The van der Waals surface area contributed by atoms with Gasteiger partial charge in [-0.3, -0.25) is 0 Å². The van der Waals surface area contributed by atoms with Gasteiger partial charge in [-0.25, -0.2) is 9.18 Å². The van der Waals surface area contributed by atoms with Gasteiger partial charge in [-0.1, -0.05) is 0 Å². The third-order valence-electron chi connectivity index (χ3n) is 2.88. The predicted molar refractivity (Wildman–Crippen MR) is 73.2 cm³/mol. The maximum Gasteiger partial charge on any atom is 0.339 e. The highest BCUT2D eigenvalue weighted by Gasteiger charge is 2.15. The number of furan rings is 1. The molecule has 0 aliphatic carbocycles. The number of nitrogens with one attached hydrogen (secondary N) is 1. The predicted octanol–water partition coefficient (Wildman–Crippen LogP) is 3.25. The summed E-state index contributed by atoms with van der Waals surface area (Å²) < 4.78 is 23.3. The third kappa shape index (κ3) is 3.38. The van der Waals surface area contributed by atoms with E-state index in [1.807, 2.05) is 19.1 Å². The van der Waals surface area contributed by atoms with Crippen molar-refractivity contribution in [1.29, 1.82) is 0 Å². The molecule has 5 heteroatoms. The molecule has 106 valence electrons. The Morgan fingerprint density at radius 3 is 2.90 bits per heavy atom. The molecular weight excluding hydrogens is 261 g/mol. The van der Waals surface area contributed by atoms with Crippen molar-refractivity contribution < 1.29 is 18.3 Å². The van der Waals surface area contributed by atoms with Crippen LogP contribution < -0.4 is 5.32 Å². The standard InChI is InChI=1S/C15H16FNO3/c1-10(8-12-4-3-7-20-12)17-14-9-11(16)5-6-13(14)15(18)19-2/h3-7,9-10,17H,8H2,1-2H3. The van der Waals surface area contributed by atoms with E-state index in [-0.39, 0.29) is 6.04 Å². The molecule has 0 aliphatic rings. The summed E-state index contributed by atoms with van der Waals surface area (Å²) in [4.78, 5) is 11.6. The Morgan fingerprint density at radius 2 is 2.25 bits per heavy atom. The van der Waals surface area contributed by atoms with Crippen molar-refractivity contribution in [3.05, 3.63) is 53.7 Å². The Morgan fingerprint density at radius 1 is 1.45 bits per heavy atom. The monoisotopic (exact) mass is 277 g/mol. The van der Waals surface area contributed by atoms with Crippen LogP contribution >= 0.6 is 0 Å². The highest BCUT2D eigenvalue weighted by Crippen LogP contribution is 2.20. The first-order valence-corrected chi connectivity index (χ1v) is 6.27. The molecule has 0 spiro atoms. The summed E-state index contributed by atoms with van der Waals surface area (Å²) in [5.41, 5.74) is 0.719. The number of esters is 1. The number of ether oxygens (including phenoxy) is 1. The first-order valence-electron chi connectivity index (χ1n) is 6.27. The number of halogens is 1. The zero-order valence-corrected chi connectivity index (χ0v) is 11.4. The lowest BCUT2D eigenvalue weighted by molar-refractivity contribution is 0.0602. The molecule has 1 N–H and O–H groups in total. The summed E-state index contributed by atoms with van der Waals surface area (Å²) in [6.45, 7) is 1.93. The number of carbonyl (C=O) groups is 1. The van der Waals surface area contributed by atoms with E-state index in [0.29, 0.717) is 17.7 Å². The number of methoxy groups -OCH3 is 1. The molecule has 1 aromatic carbocycles. The fourth-order valence-corrected chi connectivity index (χ4v) is 1.97. The van der Waals surface area contributed by atoms with E-state index >= 15 is 0 Å². The minimum atomic E-state index is -0.502. The molecule has 2 aromatic rings. The van der Waals surface area contributed by atoms with Crippen LogP contribution in [0.3, 0.4) is 0 Å². The second-order valence-corrected chi connectivity index (χ2v) is 4.51. The minimum absolute atomic E-state index is 0.0219. The Bertz CT molecular complexity index is 581. The van der Waals surface area contributed by atoms with E-state index in [1.54, 1.807) is 6.26 Å². The van der Waals surface area contributed by atoms with Crippen LogP contribution in [0.25, 0.3) is 0 Å². The average molecular weight is 277 g/mol. The third-order valence-corrected chi connectivity index (χ3v) is 2.88.